The Morgan fingerprint density at radius 1 is 0.870 bits per heavy atom. The van der Waals surface area contributed by atoms with Gasteiger partial charge >= 0.3 is 0 Å². The van der Waals surface area contributed by atoms with Gasteiger partial charge in [-0.15, -0.1) is 11.3 Å². The van der Waals surface area contributed by atoms with Gasteiger partial charge < -0.3 is 4.74 Å². The predicted octanol–water partition coefficient (Wildman–Crippen LogP) is 4.94. The van der Waals surface area contributed by atoms with Gasteiger partial charge in [0, 0.05) is 12.4 Å². The molecule has 0 saturated carbocycles. The highest BCUT2D eigenvalue weighted by Gasteiger charge is 2.04. The summed E-state index contributed by atoms with van der Waals surface area (Å²) in [6.07, 6.45) is 3.63. The van der Waals surface area contributed by atoms with Crippen LogP contribution in [-0.4, -0.2) is 9.97 Å². The summed E-state index contributed by atoms with van der Waals surface area (Å²) >= 11 is 1.67. The summed E-state index contributed by atoms with van der Waals surface area (Å²) in [6.45, 7) is 0.492. The molecule has 2 aromatic heterocycles. The van der Waals surface area contributed by atoms with Gasteiger partial charge in [-0.2, -0.15) is 0 Å². The molecule has 0 saturated heterocycles. The van der Waals surface area contributed by atoms with Crippen molar-refractivity contribution < 1.29 is 4.74 Å². The molecule has 4 heteroatoms. The molecule has 3 nitrogen and oxygen atoms in total. The van der Waals surface area contributed by atoms with Crippen molar-refractivity contribution in [2.75, 3.05) is 0 Å². The number of para-hydroxylation sites is 1. The third-order valence-electron chi connectivity index (χ3n) is 3.55. The van der Waals surface area contributed by atoms with Crippen LogP contribution >= 0.6 is 11.3 Å². The van der Waals surface area contributed by atoms with Crippen molar-refractivity contribution in [1.82, 2.24) is 9.97 Å². The lowest BCUT2D eigenvalue weighted by atomic mass is 10.1. The first-order valence-electron chi connectivity index (χ1n) is 7.36. The summed E-state index contributed by atoms with van der Waals surface area (Å²) in [6, 6.07) is 20.2. The van der Waals surface area contributed by atoms with Crippen LogP contribution in [0.4, 0.5) is 0 Å². The van der Waals surface area contributed by atoms with Gasteiger partial charge in [-0.1, -0.05) is 30.3 Å². The molecule has 2 aromatic carbocycles. The quantitative estimate of drug-likeness (QED) is 0.535. The number of hydrogen-bond acceptors (Lipinski definition) is 4. The Labute approximate surface area is 138 Å². The molecule has 0 atom stereocenters. The number of pyridine rings is 1. The van der Waals surface area contributed by atoms with Crippen LogP contribution in [0.1, 0.15) is 5.01 Å². The van der Waals surface area contributed by atoms with Gasteiger partial charge in [-0.3, -0.25) is 4.98 Å². The third-order valence-corrected chi connectivity index (χ3v) is 4.56. The predicted molar refractivity (Wildman–Crippen MR) is 93.6 cm³/mol. The number of nitrogens with zero attached hydrogens (tertiary/aromatic N) is 2. The van der Waals surface area contributed by atoms with Gasteiger partial charge in [0.25, 0.3) is 0 Å². The molecule has 0 fully saturated rings. The van der Waals surface area contributed by atoms with E-state index in [0.29, 0.717) is 6.61 Å². The Hall–Kier alpha value is -2.72. The van der Waals surface area contributed by atoms with E-state index >= 15 is 0 Å². The molecule has 0 aliphatic rings. The maximum absolute atomic E-state index is 5.84. The van der Waals surface area contributed by atoms with E-state index in [1.807, 2.05) is 60.8 Å². The van der Waals surface area contributed by atoms with E-state index in [9.17, 15) is 0 Å². The molecule has 0 aliphatic carbocycles. The normalized spacial score (nSPS) is 10.8. The minimum Gasteiger partial charge on any atom is -0.486 e. The van der Waals surface area contributed by atoms with Crippen LogP contribution < -0.4 is 4.74 Å². The topological polar surface area (TPSA) is 35.0 Å². The Balaban J connectivity index is 1.47. The number of ether oxygens (including phenoxy) is 1. The van der Waals surface area contributed by atoms with Crippen LogP contribution in [0.15, 0.2) is 73.1 Å². The second-order valence-electron chi connectivity index (χ2n) is 5.13. The standard InChI is InChI=1S/C19H14N2OS/c1-2-6-18-17(5-1)21-19(23-18)13-22-16-9-7-14(8-10-16)15-4-3-11-20-12-15/h1-12H,13H2. The molecule has 0 radical (unpaired) electrons. The highest BCUT2D eigenvalue weighted by atomic mass is 32.1. The lowest BCUT2D eigenvalue weighted by molar-refractivity contribution is 0.306. The van der Waals surface area contributed by atoms with Crippen molar-refractivity contribution in [3.8, 4) is 16.9 Å². The molecular weight excluding hydrogens is 304 g/mol. The molecule has 0 aliphatic heterocycles. The fraction of sp³-hybridized carbons (Fsp3) is 0.0526. The minimum atomic E-state index is 0.492. The van der Waals surface area contributed by atoms with Gasteiger partial charge in [-0.05, 0) is 41.5 Å². The van der Waals surface area contributed by atoms with Crippen molar-refractivity contribution >= 4 is 21.6 Å². The Kier molecular flexibility index (Phi) is 3.74. The van der Waals surface area contributed by atoms with E-state index in [1.54, 1.807) is 17.5 Å². The molecule has 4 rings (SSSR count). The second kappa shape index (κ2) is 6.18. The monoisotopic (exact) mass is 318 g/mol. The fourth-order valence-corrected chi connectivity index (χ4v) is 3.28. The van der Waals surface area contributed by atoms with Crippen molar-refractivity contribution in [3.63, 3.8) is 0 Å². The van der Waals surface area contributed by atoms with E-state index in [-0.39, 0.29) is 0 Å². The molecule has 0 bridgehead atoms. The first-order chi connectivity index (χ1) is 11.4. The van der Waals surface area contributed by atoms with Crippen molar-refractivity contribution in [3.05, 3.63) is 78.1 Å². The fourth-order valence-electron chi connectivity index (χ4n) is 2.40. The number of benzene rings is 2. The van der Waals surface area contributed by atoms with E-state index < -0.39 is 0 Å². The maximum Gasteiger partial charge on any atom is 0.140 e. The van der Waals surface area contributed by atoms with Gasteiger partial charge in [0.05, 0.1) is 10.2 Å². The molecule has 0 unspecified atom stereocenters. The second-order valence-corrected chi connectivity index (χ2v) is 6.25. The van der Waals surface area contributed by atoms with Crippen LogP contribution in [0.5, 0.6) is 5.75 Å². The molecule has 0 spiro atoms. The molecule has 23 heavy (non-hydrogen) atoms. The number of fused-ring (bicyclic) bond motifs is 1. The average molecular weight is 318 g/mol. The summed E-state index contributed by atoms with van der Waals surface area (Å²) in [7, 11) is 0. The molecule has 0 amide bonds. The number of aromatic nitrogens is 2. The summed E-state index contributed by atoms with van der Waals surface area (Å²) < 4.78 is 7.04. The molecular formula is C19H14N2OS. The van der Waals surface area contributed by atoms with E-state index in [2.05, 4.69) is 16.0 Å². The SMILES string of the molecule is c1cncc(-c2ccc(OCc3nc4ccccc4s3)cc2)c1. The Bertz CT molecular complexity index is 884. The first kappa shape index (κ1) is 13.9. The minimum absolute atomic E-state index is 0.492. The molecule has 2 heterocycles. The number of rotatable bonds is 4. The van der Waals surface area contributed by atoms with Crippen molar-refractivity contribution in [2.45, 2.75) is 6.61 Å². The Morgan fingerprint density at radius 2 is 1.74 bits per heavy atom. The third kappa shape index (κ3) is 3.07. The van der Waals surface area contributed by atoms with Crippen LogP contribution in [0.25, 0.3) is 21.3 Å². The Morgan fingerprint density at radius 3 is 2.52 bits per heavy atom. The smallest absolute Gasteiger partial charge is 0.140 e. The van der Waals surface area contributed by atoms with Crippen molar-refractivity contribution in [2.24, 2.45) is 0 Å². The van der Waals surface area contributed by atoms with Gasteiger partial charge in [0.15, 0.2) is 0 Å². The van der Waals surface area contributed by atoms with E-state index in [4.69, 9.17) is 4.74 Å². The van der Waals surface area contributed by atoms with Crippen LogP contribution in [-0.2, 0) is 6.61 Å². The number of thiazole rings is 1. The lowest BCUT2D eigenvalue weighted by Gasteiger charge is -2.05. The zero-order valence-electron chi connectivity index (χ0n) is 12.3. The highest BCUT2D eigenvalue weighted by molar-refractivity contribution is 7.18. The van der Waals surface area contributed by atoms with Crippen LogP contribution in [0.2, 0.25) is 0 Å². The summed E-state index contributed by atoms with van der Waals surface area (Å²) in [5, 5.41) is 0.988. The largest absolute Gasteiger partial charge is 0.486 e. The zero-order chi connectivity index (χ0) is 15.5. The van der Waals surface area contributed by atoms with Crippen LogP contribution in [0, 0.1) is 0 Å². The van der Waals surface area contributed by atoms with Gasteiger partial charge in [0.2, 0.25) is 0 Å². The maximum atomic E-state index is 5.84. The first-order valence-corrected chi connectivity index (χ1v) is 8.18. The summed E-state index contributed by atoms with van der Waals surface area (Å²) in [5.41, 5.74) is 3.26. The molecule has 0 N–H and O–H groups in total. The van der Waals surface area contributed by atoms with E-state index in [0.717, 1.165) is 27.4 Å². The van der Waals surface area contributed by atoms with Crippen molar-refractivity contribution in [1.29, 1.82) is 0 Å². The summed E-state index contributed by atoms with van der Waals surface area (Å²) in [4.78, 5) is 8.72. The molecule has 4 aromatic rings. The zero-order valence-corrected chi connectivity index (χ0v) is 13.2. The van der Waals surface area contributed by atoms with Gasteiger partial charge in [-0.25, -0.2) is 4.98 Å². The average Bonchev–Trinajstić information content (AvgIpc) is 3.04. The molecule has 112 valence electrons. The highest BCUT2D eigenvalue weighted by Crippen LogP contribution is 2.24. The van der Waals surface area contributed by atoms with Gasteiger partial charge in [0.1, 0.15) is 17.4 Å². The lowest BCUT2D eigenvalue weighted by Crippen LogP contribution is -1.94. The number of hydrogen-bond donors (Lipinski definition) is 0. The summed E-state index contributed by atoms with van der Waals surface area (Å²) in [5.74, 6) is 0.844. The van der Waals surface area contributed by atoms with Crippen LogP contribution in [0.3, 0.4) is 0 Å². The van der Waals surface area contributed by atoms with E-state index in [1.165, 1.54) is 4.70 Å².